The van der Waals surface area contributed by atoms with Gasteiger partial charge in [0.2, 0.25) is 0 Å². The van der Waals surface area contributed by atoms with Crippen LogP contribution < -0.4 is 16.1 Å². The average molecular weight is 272 g/mol. The number of imidazole rings is 1. The van der Waals surface area contributed by atoms with Gasteiger partial charge in [-0.15, -0.1) is 0 Å². The molecule has 0 amide bonds. The Kier molecular flexibility index (Phi) is 2.63. The monoisotopic (exact) mass is 272 g/mol. The van der Waals surface area contributed by atoms with Gasteiger partial charge in [-0.1, -0.05) is 0 Å². The van der Waals surface area contributed by atoms with Crippen LogP contribution in [0.3, 0.4) is 0 Å². The summed E-state index contributed by atoms with van der Waals surface area (Å²) in [7, 11) is 3.72. The van der Waals surface area contributed by atoms with Crippen molar-refractivity contribution in [1.29, 1.82) is 0 Å². The highest BCUT2D eigenvalue weighted by atomic mass is 16.2. The lowest BCUT2D eigenvalue weighted by Crippen LogP contribution is -2.33. The molecule has 0 bridgehead atoms. The molecule has 102 valence electrons. The minimum atomic E-state index is -0.547. The molecule has 0 saturated carbocycles. The van der Waals surface area contributed by atoms with Crippen LogP contribution in [0.25, 0.3) is 16.9 Å². The number of H-pyrrole nitrogens is 2. The molecule has 20 heavy (non-hydrogen) atoms. The Morgan fingerprint density at radius 2 is 2.00 bits per heavy atom. The number of nitrogens with one attached hydrogen (secondary N) is 2. The van der Waals surface area contributed by atoms with E-state index in [0.29, 0.717) is 5.69 Å². The summed E-state index contributed by atoms with van der Waals surface area (Å²) in [5.74, 6) is 0.737. The van der Waals surface area contributed by atoms with Gasteiger partial charge < -0.3 is 9.88 Å². The van der Waals surface area contributed by atoms with Gasteiger partial charge in [0.25, 0.3) is 5.56 Å². The third kappa shape index (κ3) is 1.78. The standard InChI is InChI=1S/C12H12N6O2/c1-17(2)8-4-3-7(5-13-8)18-11(19)9-10(15-6-14-9)16-12(18)20/h3-6H,1-2H3,(H,14,15)(H,16,20). The zero-order valence-electron chi connectivity index (χ0n) is 10.9. The first-order valence-corrected chi connectivity index (χ1v) is 5.90. The Balaban J connectivity index is 2.23. The van der Waals surface area contributed by atoms with Crippen molar-refractivity contribution in [1.82, 2.24) is 24.5 Å². The molecule has 2 N–H and O–H groups in total. The van der Waals surface area contributed by atoms with Gasteiger partial charge in [-0.05, 0) is 12.1 Å². The summed E-state index contributed by atoms with van der Waals surface area (Å²) in [5, 5.41) is 0. The summed E-state index contributed by atoms with van der Waals surface area (Å²) in [6.45, 7) is 0. The van der Waals surface area contributed by atoms with Crippen LogP contribution in [0.5, 0.6) is 0 Å². The van der Waals surface area contributed by atoms with Gasteiger partial charge in [-0.2, -0.15) is 0 Å². The lowest BCUT2D eigenvalue weighted by Gasteiger charge is -2.11. The first kappa shape index (κ1) is 12.2. The molecule has 0 fully saturated rings. The number of aromatic amines is 2. The van der Waals surface area contributed by atoms with Crippen molar-refractivity contribution < 1.29 is 0 Å². The first-order valence-electron chi connectivity index (χ1n) is 5.90. The van der Waals surface area contributed by atoms with Crippen LogP contribution >= 0.6 is 0 Å². The van der Waals surface area contributed by atoms with E-state index >= 15 is 0 Å². The van der Waals surface area contributed by atoms with E-state index in [2.05, 4.69) is 19.9 Å². The molecule has 0 aliphatic rings. The molecule has 0 aliphatic carbocycles. The molecule has 8 nitrogen and oxygen atoms in total. The maximum absolute atomic E-state index is 12.3. The topological polar surface area (TPSA) is 99.7 Å². The van der Waals surface area contributed by atoms with Crippen molar-refractivity contribution in [2.75, 3.05) is 19.0 Å². The Morgan fingerprint density at radius 3 is 2.65 bits per heavy atom. The molecule has 3 aromatic rings. The third-order valence-corrected chi connectivity index (χ3v) is 2.93. The van der Waals surface area contributed by atoms with Crippen molar-refractivity contribution in [3.05, 3.63) is 45.5 Å². The second-order valence-corrected chi connectivity index (χ2v) is 4.47. The zero-order chi connectivity index (χ0) is 14.3. The van der Waals surface area contributed by atoms with Gasteiger partial charge in [0.1, 0.15) is 11.3 Å². The molecule has 3 aromatic heterocycles. The van der Waals surface area contributed by atoms with Crippen molar-refractivity contribution in [3.8, 4) is 5.69 Å². The van der Waals surface area contributed by atoms with Crippen molar-refractivity contribution in [2.24, 2.45) is 0 Å². The van der Waals surface area contributed by atoms with E-state index in [1.807, 2.05) is 19.0 Å². The van der Waals surface area contributed by atoms with E-state index in [0.717, 1.165) is 10.4 Å². The Labute approximate surface area is 112 Å². The highest BCUT2D eigenvalue weighted by Crippen LogP contribution is 2.09. The van der Waals surface area contributed by atoms with E-state index in [4.69, 9.17) is 0 Å². The second-order valence-electron chi connectivity index (χ2n) is 4.47. The molecular weight excluding hydrogens is 260 g/mol. The number of hydrogen-bond acceptors (Lipinski definition) is 5. The SMILES string of the molecule is CN(C)c1ccc(-n2c(=O)[nH]c3nc[nH]c3c2=O)cn1. The number of aromatic nitrogens is 5. The van der Waals surface area contributed by atoms with E-state index in [1.54, 1.807) is 12.1 Å². The fourth-order valence-electron chi connectivity index (χ4n) is 1.92. The largest absolute Gasteiger partial charge is 0.363 e. The smallest absolute Gasteiger partial charge is 0.334 e. The predicted octanol–water partition coefficient (Wildman–Crippen LogP) is -0.137. The molecule has 3 heterocycles. The van der Waals surface area contributed by atoms with E-state index in [-0.39, 0.29) is 11.2 Å². The van der Waals surface area contributed by atoms with Gasteiger partial charge >= 0.3 is 5.69 Å². The molecule has 0 atom stereocenters. The summed E-state index contributed by atoms with van der Waals surface area (Å²) < 4.78 is 1.02. The quantitative estimate of drug-likeness (QED) is 0.676. The van der Waals surface area contributed by atoms with E-state index < -0.39 is 11.2 Å². The number of pyridine rings is 1. The maximum Gasteiger partial charge on any atom is 0.334 e. The fourth-order valence-corrected chi connectivity index (χ4v) is 1.92. The van der Waals surface area contributed by atoms with Crippen LogP contribution in [0, 0.1) is 0 Å². The summed E-state index contributed by atoms with van der Waals surface area (Å²) in [6.07, 6.45) is 2.84. The van der Waals surface area contributed by atoms with Crippen LogP contribution in [0.2, 0.25) is 0 Å². The van der Waals surface area contributed by atoms with Crippen LogP contribution in [0.4, 0.5) is 5.82 Å². The van der Waals surface area contributed by atoms with Crippen LogP contribution in [0.1, 0.15) is 0 Å². The van der Waals surface area contributed by atoms with Crippen molar-refractivity contribution in [3.63, 3.8) is 0 Å². The number of hydrogen-bond donors (Lipinski definition) is 2. The molecule has 0 aliphatic heterocycles. The normalized spacial score (nSPS) is 10.9. The van der Waals surface area contributed by atoms with Gasteiger partial charge in [0, 0.05) is 14.1 Å². The molecule has 3 rings (SSSR count). The number of nitrogens with zero attached hydrogens (tertiary/aromatic N) is 4. The maximum atomic E-state index is 12.3. The minimum absolute atomic E-state index is 0.245. The Hall–Kier alpha value is -2.90. The first-order chi connectivity index (χ1) is 9.58. The minimum Gasteiger partial charge on any atom is -0.363 e. The van der Waals surface area contributed by atoms with Gasteiger partial charge in [0.05, 0.1) is 18.2 Å². The molecule has 0 radical (unpaired) electrons. The van der Waals surface area contributed by atoms with Crippen molar-refractivity contribution >= 4 is 17.0 Å². The average Bonchev–Trinajstić information content (AvgIpc) is 2.87. The number of rotatable bonds is 2. The van der Waals surface area contributed by atoms with E-state index in [1.165, 1.54) is 12.5 Å². The fraction of sp³-hybridized carbons (Fsp3) is 0.167. The van der Waals surface area contributed by atoms with Crippen molar-refractivity contribution in [2.45, 2.75) is 0 Å². The Bertz CT molecular complexity index is 871. The summed E-state index contributed by atoms with van der Waals surface area (Å²) in [5.41, 5.74) is -0.108. The number of fused-ring (bicyclic) bond motifs is 1. The van der Waals surface area contributed by atoms with Crippen LogP contribution in [0.15, 0.2) is 34.2 Å². The summed E-state index contributed by atoms with van der Waals surface area (Å²) in [4.78, 5) is 39.4. The van der Waals surface area contributed by atoms with Gasteiger partial charge in [-0.25, -0.2) is 19.3 Å². The van der Waals surface area contributed by atoms with E-state index in [9.17, 15) is 9.59 Å². The molecule has 8 heteroatoms. The van der Waals surface area contributed by atoms with Gasteiger partial charge in [-0.3, -0.25) is 9.78 Å². The predicted molar refractivity (Wildman–Crippen MR) is 74.4 cm³/mol. The summed E-state index contributed by atoms with van der Waals surface area (Å²) in [6, 6.07) is 3.40. The summed E-state index contributed by atoms with van der Waals surface area (Å²) >= 11 is 0. The van der Waals surface area contributed by atoms with Gasteiger partial charge in [0.15, 0.2) is 5.65 Å². The lowest BCUT2D eigenvalue weighted by molar-refractivity contribution is 0.887. The molecule has 0 saturated heterocycles. The second kappa shape index (κ2) is 4.34. The van der Waals surface area contributed by atoms with Crippen LogP contribution in [-0.2, 0) is 0 Å². The Morgan fingerprint density at radius 1 is 1.20 bits per heavy atom. The van der Waals surface area contributed by atoms with Crippen LogP contribution in [-0.4, -0.2) is 38.6 Å². The molecule has 0 aromatic carbocycles. The molecule has 0 spiro atoms. The highest BCUT2D eigenvalue weighted by molar-refractivity contribution is 5.68. The third-order valence-electron chi connectivity index (χ3n) is 2.93. The molecule has 0 unspecified atom stereocenters. The molecular formula is C12H12N6O2. The number of anilines is 1. The zero-order valence-corrected chi connectivity index (χ0v) is 10.9. The highest BCUT2D eigenvalue weighted by Gasteiger charge is 2.11. The lowest BCUT2D eigenvalue weighted by atomic mass is 10.3.